The van der Waals surface area contributed by atoms with Crippen molar-refractivity contribution in [1.82, 2.24) is 0 Å². The van der Waals surface area contributed by atoms with Crippen molar-refractivity contribution in [2.24, 2.45) is 0 Å². The second kappa shape index (κ2) is 5.46. The Balaban J connectivity index is 1.79. The van der Waals surface area contributed by atoms with Gasteiger partial charge in [0, 0.05) is 16.1 Å². The molecule has 1 aliphatic heterocycles. The maximum atomic E-state index is 12.2. The number of rotatable bonds is 3. The highest BCUT2D eigenvalue weighted by atomic mass is 32.2. The SMILES string of the molecule is CSc1cccc(NC(=O)c2ccc3c(c2)OCO3)c1. The standard InChI is InChI=1S/C15H13NO3S/c1-20-12-4-2-3-11(8-12)16-15(17)10-5-6-13-14(7-10)19-9-18-13/h2-8H,9H2,1H3,(H,16,17). The first-order valence-electron chi connectivity index (χ1n) is 6.11. The molecule has 0 saturated heterocycles. The van der Waals surface area contributed by atoms with Crippen LogP contribution in [0.15, 0.2) is 47.4 Å². The first-order chi connectivity index (χ1) is 9.76. The maximum absolute atomic E-state index is 12.2. The summed E-state index contributed by atoms with van der Waals surface area (Å²) in [6.45, 7) is 0.205. The van der Waals surface area contributed by atoms with Crippen molar-refractivity contribution >= 4 is 23.4 Å². The number of nitrogens with one attached hydrogen (secondary N) is 1. The molecule has 0 bridgehead atoms. The van der Waals surface area contributed by atoms with Crippen LogP contribution in [0, 0.1) is 0 Å². The summed E-state index contributed by atoms with van der Waals surface area (Å²) in [4.78, 5) is 13.3. The van der Waals surface area contributed by atoms with Crippen molar-refractivity contribution < 1.29 is 14.3 Å². The number of thioether (sulfide) groups is 1. The molecule has 1 N–H and O–H groups in total. The van der Waals surface area contributed by atoms with Gasteiger partial charge in [-0.05, 0) is 42.7 Å². The zero-order valence-electron chi connectivity index (χ0n) is 10.9. The van der Waals surface area contributed by atoms with Gasteiger partial charge in [-0.25, -0.2) is 0 Å². The van der Waals surface area contributed by atoms with Gasteiger partial charge in [-0.1, -0.05) is 6.07 Å². The second-order valence-corrected chi connectivity index (χ2v) is 5.13. The van der Waals surface area contributed by atoms with E-state index in [-0.39, 0.29) is 12.7 Å². The summed E-state index contributed by atoms with van der Waals surface area (Å²) in [6, 6.07) is 12.9. The fourth-order valence-electron chi connectivity index (χ4n) is 1.94. The lowest BCUT2D eigenvalue weighted by molar-refractivity contribution is 0.102. The van der Waals surface area contributed by atoms with Gasteiger partial charge < -0.3 is 14.8 Å². The number of benzene rings is 2. The van der Waals surface area contributed by atoms with Crippen LogP contribution in [0.4, 0.5) is 5.69 Å². The van der Waals surface area contributed by atoms with E-state index in [9.17, 15) is 4.79 Å². The fourth-order valence-corrected chi connectivity index (χ4v) is 2.40. The number of fused-ring (bicyclic) bond motifs is 1. The minimum absolute atomic E-state index is 0.165. The fraction of sp³-hybridized carbons (Fsp3) is 0.133. The predicted octanol–water partition coefficient (Wildman–Crippen LogP) is 3.39. The molecule has 1 heterocycles. The largest absolute Gasteiger partial charge is 0.454 e. The molecule has 3 rings (SSSR count). The molecule has 4 nitrogen and oxygen atoms in total. The van der Waals surface area contributed by atoms with E-state index in [1.165, 1.54) is 0 Å². The molecule has 0 aliphatic carbocycles. The Morgan fingerprint density at radius 2 is 2.00 bits per heavy atom. The number of amides is 1. The Bertz CT molecular complexity index is 657. The minimum atomic E-state index is -0.165. The first-order valence-corrected chi connectivity index (χ1v) is 7.34. The van der Waals surface area contributed by atoms with Gasteiger partial charge in [0.05, 0.1) is 0 Å². The van der Waals surface area contributed by atoms with Gasteiger partial charge >= 0.3 is 0 Å². The number of carbonyl (C=O) groups excluding carboxylic acids is 1. The van der Waals surface area contributed by atoms with Gasteiger partial charge in [0.15, 0.2) is 11.5 Å². The Labute approximate surface area is 121 Å². The van der Waals surface area contributed by atoms with E-state index in [2.05, 4.69) is 5.32 Å². The van der Waals surface area contributed by atoms with Crippen LogP contribution in [-0.2, 0) is 0 Å². The number of hydrogen-bond acceptors (Lipinski definition) is 4. The molecule has 0 atom stereocenters. The number of anilines is 1. The summed E-state index contributed by atoms with van der Waals surface area (Å²) in [5.41, 5.74) is 1.32. The molecule has 20 heavy (non-hydrogen) atoms. The molecule has 2 aromatic carbocycles. The number of hydrogen-bond donors (Lipinski definition) is 1. The summed E-state index contributed by atoms with van der Waals surface area (Å²) in [5, 5.41) is 2.88. The van der Waals surface area contributed by atoms with Gasteiger partial charge in [0.25, 0.3) is 5.91 Å². The van der Waals surface area contributed by atoms with Crippen LogP contribution < -0.4 is 14.8 Å². The second-order valence-electron chi connectivity index (χ2n) is 4.25. The van der Waals surface area contributed by atoms with E-state index >= 15 is 0 Å². The van der Waals surface area contributed by atoms with Crippen LogP contribution in [0.2, 0.25) is 0 Å². The molecule has 0 aromatic heterocycles. The molecule has 0 fully saturated rings. The third kappa shape index (κ3) is 2.58. The maximum Gasteiger partial charge on any atom is 0.255 e. The molecule has 1 aliphatic rings. The number of carbonyl (C=O) groups is 1. The minimum Gasteiger partial charge on any atom is -0.454 e. The molecule has 0 saturated carbocycles. The van der Waals surface area contributed by atoms with E-state index in [1.807, 2.05) is 30.5 Å². The van der Waals surface area contributed by atoms with Crippen molar-refractivity contribution in [2.45, 2.75) is 4.90 Å². The monoisotopic (exact) mass is 287 g/mol. The summed E-state index contributed by atoms with van der Waals surface area (Å²) >= 11 is 1.63. The molecule has 2 aromatic rings. The average Bonchev–Trinajstić information content (AvgIpc) is 2.94. The van der Waals surface area contributed by atoms with Gasteiger partial charge in [0.1, 0.15) is 0 Å². The van der Waals surface area contributed by atoms with Crippen LogP contribution in [-0.4, -0.2) is 19.0 Å². The molecular weight excluding hydrogens is 274 g/mol. The third-order valence-corrected chi connectivity index (χ3v) is 3.69. The van der Waals surface area contributed by atoms with Crippen LogP contribution in [0.1, 0.15) is 10.4 Å². The zero-order chi connectivity index (χ0) is 13.9. The molecule has 0 unspecified atom stereocenters. The Morgan fingerprint density at radius 1 is 1.15 bits per heavy atom. The summed E-state index contributed by atoms with van der Waals surface area (Å²) in [6.07, 6.45) is 2.00. The van der Waals surface area contributed by atoms with E-state index in [1.54, 1.807) is 30.0 Å². The highest BCUT2D eigenvalue weighted by Gasteiger charge is 2.16. The summed E-state index contributed by atoms with van der Waals surface area (Å²) in [7, 11) is 0. The van der Waals surface area contributed by atoms with Crippen LogP contribution >= 0.6 is 11.8 Å². The molecule has 0 spiro atoms. The quantitative estimate of drug-likeness (QED) is 0.879. The van der Waals surface area contributed by atoms with Gasteiger partial charge in [-0.15, -0.1) is 11.8 Å². The highest BCUT2D eigenvalue weighted by Crippen LogP contribution is 2.32. The third-order valence-electron chi connectivity index (χ3n) is 2.96. The van der Waals surface area contributed by atoms with Crippen molar-refractivity contribution in [2.75, 3.05) is 18.4 Å². The van der Waals surface area contributed by atoms with E-state index in [4.69, 9.17) is 9.47 Å². The molecule has 1 amide bonds. The lowest BCUT2D eigenvalue weighted by Gasteiger charge is -2.07. The highest BCUT2D eigenvalue weighted by molar-refractivity contribution is 7.98. The topological polar surface area (TPSA) is 47.6 Å². The smallest absolute Gasteiger partial charge is 0.255 e. The van der Waals surface area contributed by atoms with Crippen molar-refractivity contribution in [3.8, 4) is 11.5 Å². The Kier molecular flexibility index (Phi) is 3.52. The van der Waals surface area contributed by atoms with Crippen LogP contribution in [0.3, 0.4) is 0 Å². The van der Waals surface area contributed by atoms with E-state index in [0.29, 0.717) is 17.1 Å². The van der Waals surface area contributed by atoms with Crippen molar-refractivity contribution in [1.29, 1.82) is 0 Å². The predicted molar refractivity (Wildman–Crippen MR) is 78.7 cm³/mol. The lowest BCUT2D eigenvalue weighted by Crippen LogP contribution is -2.11. The van der Waals surface area contributed by atoms with Gasteiger partial charge in [-0.2, -0.15) is 0 Å². The van der Waals surface area contributed by atoms with Crippen LogP contribution in [0.25, 0.3) is 0 Å². The zero-order valence-corrected chi connectivity index (χ0v) is 11.7. The van der Waals surface area contributed by atoms with E-state index in [0.717, 1.165) is 10.6 Å². The Hall–Kier alpha value is -2.14. The van der Waals surface area contributed by atoms with Crippen molar-refractivity contribution in [3.63, 3.8) is 0 Å². The number of ether oxygens (including phenoxy) is 2. The summed E-state index contributed by atoms with van der Waals surface area (Å²) in [5.74, 6) is 1.11. The molecule has 0 radical (unpaired) electrons. The lowest BCUT2D eigenvalue weighted by atomic mass is 10.2. The van der Waals surface area contributed by atoms with Gasteiger partial charge in [0.2, 0.25) is 6.79 Å². The normalized spacial score (nSPS) is 12.2. The van der Waals surface area contributed by atoms with Gasteiger partial charge in [-0.3, -0.25) is 4.79 Å². The first kappa shape index (κ1) is 12.9. The molecule has 102 valence electrons. The summed E-state index contributed by atoms with van der Waals surface area (Å²) < 4.78 is 10.5. The van der Waals surface area contributed by atoms with E-state index < -0.39 is 0 Å². The Morgan fingerprint density at radius 3 is 2.85 bits per heavy atom. The van der Waals surface area contributed by atoms with Crippen molar-refractivity contribution in [3.05, 3.63) is 48.0 Å². The van der Waals surface area contributed by atoms with Crippen LogP contribution in [0.5, 0.6) is 11.5 Å². The molecule has 5 heteroatoms. The molecular formula is C15H13NO3S. The average molecular weight is 287 g/mol.